The lowest BCUT2D eigenvalue weighted by molar-refractivity contribution is 0.0727. The van der Waals surface area contributed by atoms with E-state index in [9.17, 15) is 4.79 Å². The lowest BCUT2D eigenvalue weighted by Gasteiger charge is -2.18. The van der Waals surface area contributed by atoms with Crippen LogP contribution in [0.3, 0.4) is 0 Å². The highest BCUT2D eigenvalue weighted by molar-refractivity contribution is 5.92. The highest BCUT2D eigenvalue weighted by atomic mass is 16.5. The van der Waals surface area contributed by atoms with Crippen LogP contribution in [0, 0.1) is 0 Å². The average Bonchev–Trinajstić information content (AvgIpc) is 3.29. The van der Waals surface area contributed by atoms with Gasteiger partial charge in [0.1, 0.15) is 18.1 Å². The van der Waals surface area contributed by atoms with E-state index in [1.54, 1.807) is 4.90 Å². The van der Waals surface area contributed by atoms with Crippen molar-refractivity contribution in [3.05, 3.63) is 83.8 Å². The van der Waals surface area contributed by atoms with E-state index in [2.05, 4.69) is 39.2 Å². The van der Waals surface area contributed by atoms with Crippen molar-refractivity contribution in [2.75, 3.05) is 13.2 Å². The summed E-state index contributed by atoms with van der Waals surface area (Å²) in [5.74, 6) is 0.764. The van der Waals surface area contributed by atoms with Gasteiger partial charge in [-0.3, -0.25) is 9.89 Å². The standard InChI is InChI=1S/C22H20N4O2/c27-22(26-11-12-28-21-8-4-2-6-17(21)14-26)19-13-18(23-24-19)15-25-10-9-16-5-1-3-7-20(16)25/h1-10,13H,11-12,14-15H2,(H,23,24). The number of H-pyrrole nitrogens is 1. The van der Waals surface area contributed by atoms with E-state index in [-0.39, 0.29) is 5.91 Å². The first kappa shape index (κ1) is 16.6. The van der Waals surface area contributed by atoms with Gasteiger partial charge in [-0.2, -0.15) is 5.10 Å². The Balaban J connectivity index is 1.35. The van der Waals surface area contributed by atoms with Crippen molar-refractivity contribution in [2.24, 2.45) is 0 Å². The zero-order valence-electron chi connectivity index (χ0n) is 15.3. The number of benzene rings is 2. The second-order valence-corrected chi connectivity index (χ2v) is 6.96. The van der Waals surface area contributed by atoms with E-state index in [0.29, 0.717) is 31.9 Å². The maximum Gasteiger partial charge on any atom is 0.274 e. The van der Waals surface area contributed by atoms with Crippen molar-refractivity contribution in [1.82, 2.24) is 19.7 Å². The number of amides is 1. The number of fused-ring (bicyclic) bond motifs is 2. The van der Waals surface area contributed by atoms with Crippen LogP contribution in [0.15, 0.2) is 66.9 Å². The Labute approximate surface area is 162 Å². The number of ether oxygens (including phenoxy) is 1. The zero-order valence-corrected chi connectivity index (χ0v) is 15.3. The van der Waals surface area contributed by atoms with Crippen LogP contribution in [0.2, 0.25) is 0 Å². The first-order valence-corrected chi connectivity index (χ1v) is 9.36. The lowest BCUT2D eigenvalue weighted by Crippen LogP contribution is -2.32. The number of aromatic amines is 1. The summed E-state index contributed by atoms with van der Waals surface area (Å²) in [5, 5.41) is 8.48. The minimum absolute atomic E-state index is 0.0832. The molecule has 2 aromatic heterocycles. The molecule has 0 saturated heterocycles. The molecule has 3 heterocycles. The summed E-state index contributed by atoms with van der Waals surface area (Å²) in [5.41, 5.74) is 3.51. The van der Waals surface area contributed by atoms with E-state index in [0.717, 1.165) is 22.5 Å². The Kier molecular flexibility index (Phi) is 4.09. The number of carbonyl (C=O) groups is 1. The van der Waals surface area contributed by atoms with E-state index < -0.39 is 0 Å². The first-order chi connectivity index (χ1) is 13.8. The van der Waals surface area contributed by atoms with Gasteiger partial charge in [-0.25, -0.2) is 0 Å². The van der Waals surface area contributed by atoms with Gasteiger partial charge >= 0.3 is 0 Å². The minimum atomic E-state index is -0.0832. The Bertz CT molecular complexity index is 1140. The number of nitrogens with one attached hydrogen (secondary N) is 1. The Hall–Kier alpha value is -3.54. The van der Waals surface area contributed by atoms with E-state index in [1.807, 2.05) is 42.5 Å². The van der Waals surface area contributed by atoms with Gasteiger partial charge in [0.15, 0.2) is 0 Å². The number of nitrogens with zero attached hydrogens (tertiary/aromatic N) is 3. The maximum absolute atomic E-state index is 13.0. The molecule has 0 saturated carbocycles. The predicted octanol–water partition coefficient (Wildman–Crippen LogP) is 3.45. The van der Waals surface area contributed by atoms with Gasteiger partial charge in [0.05, 0.1) is 18.8 Å². The van der Waals surface area contributed by atoms with E-state index in [4.69, 9.17) is 4.74 Å². The van der Waals surface area contributed by atoms with Gasteiger partial charge in [0.2, 0.25) is 0 Å². The summed E-state index contributed by atoms with van der Waals surface area (Å²) < 4.78 is 7.90. The summed E-state index contributed by atoms with van der Waals surface area (Å²) in [4.78, 5) is 14.8. The van der Waals surface area contributed by atoms with E-state index >= 15 is 0 Å². The third-order valence-corrected chi connectivity index (χ3v) is 5.11. The van der Waals surface area contributed by atoms with Crippen LogP contribution >= 0.6 is 0 Å². The molecule has 0 radical (unpaired) electrons. The highest BCUT2D eigenvalue weighted by Crippen LogP contribution is 2.23. The van der Waals surface area contributed by atoms with Gasteiger partial charge in [-0.15, -0.1) is 0 Å². The van der Waals surface area contributed by atoms with Crippen molar-refractivity contribution < 1.29 is 9.53 Å². The van der Waals surface area contributed by atoms with Crippen LogP contribution in [0.25, 0.3) is 10.9 Å². The maximum atomic E-state index is 13.0. The molecule has 6 heteroatoms. The molecule has 4 aromatic rings. The van der Waals surface area contributed by atoms with Crippen molar-refractivity contribution in [3.8, 4) is 5.75 Å². The fraction of sp³-hybridized carbons (Fsp3) is 0.182. The molecule has 6 nitrogen and oxygen atoms in total. The molecule has 1 amide bonds. The minimum Gasteiger partial charge on any atom is -0.491 e. The summed E-state index contributed by atoms with van der Waals surface area (Å²) in [7, 11) is 0. The number of para-hydroxylation sites is 2. The second-order valence-electron chi connectivity index (χ2n) is 6.96. The van der Waals surface area contributed by atoms with Gasteiger partial charge in [-0.05, 0) is 29.7 Å². The quantitative estimate of drug-likeness (QED) is 0.599. The highest BCUT2D eigenvalue weighted by Gasteiger charge is 2.22. The number of carbonyl (C=O) groups excluding carboxylic acids is 1. The topological polar surface area (TPSA) is 63.2 Å². The molecule has 0 fully saturated rings. The van der Waals surface area contributed by atoms with Crippen LogP contribution in [-0.4, -0.2) is 38.7 Å². The molecule has 1 aliphatic heterocycles. The smallest absolute Gasteiger partial charge is 0.274 e. The fourth-order valence-electron chi connectivity index (χ4n) is 3.68. The molecule has 0 unspecified atom stereocenters. The Morgan fingerprint density at radius 3 is 2.93 bits per heavy atom. The average molecular weight is 372 g/mol. The molecule has 0 bridgehead atoms. The molecule has 0 aliphatic carbocycles. The number of aromatic nitrogens is 3. The molecular weight excluding hydrogens is 352 g/mol. The molecule has 1 N–H and O–H groups in total. The van der Waals surface area contributed by atoms with Crippen LogP contribution in [0.4, 0.5) is 0 Å². The van der Waals surface area contributed by atoms with Crippen molar-refractivity contribution in [3.63, 3.8) is 0 Å². The fourth-order valence-corrected chi connectivity index (χ4v) is 3.68. The molecule has 0 atom stereocenters. The molecule has 2 aromatic carbocycles. The third-order valence-electron chi connectivity index (χ3n) is 5.11. The van der Waals surface area contributed by atoms with E-state index in [1.165, 1.54) is 5.39 Å². The molecule has 140 valence electrons. The monoisotopic (exact) mass is 372 g/mol. The summed E-state index contributed by atoms with van der Waals surface area (Å²) >= 11 is 0. The molecule has 0 spiro atoms. The molecule has 5 rings (SSSR count). The van der Waals surface area contributed by atoms with Crippen LogP contribution in [0.1, 0.15) is 21.7 Å². The molecule has 28 heavy (non-hydrogen) atoms. The number of hydrogen-bond acceptors (Lipinski definition) is 3. The molecular formula is C22H20N4O2. The Morgan fingerprint density at radius 2 is 1.96 bits per heavy atom. The van der Waals surface area contributed by atoms with Crippen LogP contribution in [0.5, 0.6) is 5.75 Å². The van der Waals surface area contributed by atoms with Gasteiger partial charge < -0.3 is 14.2 Å². The number of rotatable bonds is 3. The predicted molar refractivity (Wildman–Crippen MR) is 106 cm³/mol. The van der Waals surface area contributed by atoms with Gasteiger partial charge in [0.25, 0.3) is 5.91 Å². The van der Waals surface area contributed by atoms with Crippen molar-refractivity contribution >= 4 is 16.8 Å². The van der Waals surface area contributed by atoms with Gasteiger partial charge in [0, 0.05) is 23.8 Å². The first-order valence-electron chi connectivity index (χ1n) is 9.36. The van der Waals surface area contributed by atoms with Crippen LogP contribution < -0.4 is 4.74 Å². The van der Waals surface area contributed by atoms with Gasteiger partial charge in [-0.1, -0.05) is 36.4 Å². The van der Waals surface area contributed by atoms with Crippen molar-refractivity contribution in [2.45, 2.75) is 13.1 Å². The summed E-state index contributed by atoms with van der Waals surface area (Å²) in [6.07, 6.45) is 2.05. The Morgan fingerprint density at radius 1 is 1.11 bits per heavy atom. The summed E-state index contributed by atoms with van der Waals surface area (Å²) in [6, 6.07) is 20.0. The summed E-state index contributed by atoms with van der Waals surface area (Å²) in [6.45, 7) is 2.19. The lowest BCUT2D eigenvalue weighted by atomic mass is 10.2. The second kappa shape index (κ2) is 6.88. The third kappa shape index (κ3) is 3.03. The normalized spacial score (nSPS) is 13.8. The van der Waals surface area contributed by atoms with Crippen molar-refractivity contribution in [1.29, 1.82) is 0 Å². The SMILES string of the molecule is O=C(c1cc(Cn2ccc3ccccc32)[nH]n1)N1CCOc2ccccc2C1. The van der Waals surface area contributed by atoms with Crippen LogP contribution in [-0.2, 0) is 13.1 Å². The number of hydrogen-bond donors (Lipinski definition) is 1. The molecule has 1 aliphatic rings. The zero-order chi connectivity index (χ0) is 18.9. The largest absolute Gasteiger partial charge is 0.491 e.